The Morgan fingerprint density at radius 1 is 1.38 bits per heavy atom. The van der Waals surface area contributed by atoms with Crippen LogP contribution in [0.4, 0.5) is 5.69 Å². The minimum Gasteiger partial charge on any atom is -0.454 e. The molecule has 0 saturated heterocycles. The van der Waals surface area contributed by atoms with E-state index in [2.05, 4.69) is 12.6 Å². The van der Waals surface area contributed by atoms with Gasteiger partial charge >= 0.3 is 0 Å². The molecule has 2 aromatic rings. The number of anilines is 1. The summed E-state index contributed by atoms with van der Waals surface area (Å²) in [6, 6.07) is 8.89. The van der Waals surface area contributed by atoms with Crippen LogP contribution in [-0.2, 0) is 6.54 Å². The second-order valence-corrected chi connectivity index (χ2v) is 4.42. The number of hydrogen-bond donors (Lipinski definition) is 1. The number of nitrogens with zero attached hydrogens (tertiary/aromatic N) is 2. The normalized spacial score (nSPS) is 12.0. The summed E-state index contributed by atoms with van der Waals surface area (Å²) in [5, 5.41) is 9.12. The van der Waals surface area contributed by atoms with Crippen molar-refractivity contribution in [3.05, 3.63) is 42.6 Å². The number of hydrogen-bond acceptors (Lipinski definition) is 5. The smallest absolute Gasteiger partial charge is 0.231 e. The highest BCUT2D eigenvalue weighted by Crippen LogP contribution is 2.38. The average Bonchev–Trinajstić information content (AvgIpc) is 3.06. The molecule has 1 aliphatic heterocycles. The van der Waals surface area contributed by atoms with E-state index in [1.165, 1.54) is 0 Å². The van der Waals surface area contributed by atoms with Gasteiger partial charge in [-0.2, -0.15) is 5.26 Å². The van der Waals surface area contributed by atoms with Gasteiger partial charge in [-0.05, 0) is 12.1 Å². The van der Waals surface area contributed by atoms with Crippen LogP contribution in [0.25, 0.3) is 0 Å². The van der Waals surface area contributed by atoms with Gasteiger partial charge < -0.3 is 19.9 Å². The summed E-state index contributed by atoms with van der Waals surface area (Å²) in [4.78, 5) is 0. The van der Waals surface area contributed by atoms with Crippen molar-refractivity contribution >= 4 is 5.69 Å². The van der Waals surface area contributed by atoms with E-state index in [0.717, 1.165) is 0 Å². The summed E-state index contributed by atoms with van der Waals surface area (Å²) in [6.45, 7) is 4.30. The van der Waals surface area contributed by atoms with E-state index in [4.69, 9.17) is 25.2 Å². The molecule has 1 aliphatic rings. The fourth-order valence-corrected chi connectivity index (χ4v) is 2.12. The van der Waals surface area contributed by atoms with Crippen molar-refractivity contribution in [1.29, 1.82) is 5.26 Å². The molecule has 6 nitrogen and oxygen atoms in total. The van der Waals surface area contributed by atoms with Gasteiger partial charge in [0.1, 0.15) is 17.5 Å². The highest BCUT2D eigenvalue weighted by Gasteiger charge is 2.17. The molecule has 3 rings (SSSR count). The largest absolute Gasteiger partial charge is 0.454 e. The first-order chi connectivity index (χ1) is 10.2. The van der Waals surface area contributed by atoms with Gasteiger partial charge in [-0.1, -0.05) is 6.08 Å². The maximum absolute atomic E-state index is 9.12. The molecule has 2 N–H and O–H groups in total. The summed E-state index contributed by atoms with van der Waals surface area (Å²) in [5.41, 5.74) is 6.74. The lowest BCUT2D eigenvalue weighted by Gasteiger charge is -2.11. The van der Waals surface area contributed by atoms with E-state index in [0.29, 0.717) is 41.1 Å². The van der Waals surface area contributed by atoms with Crippen molar-refractivity contribution in [3.8, 4) is 29.2 Å². The fourth-order valence-electron chi connectivity index (χ4n) is 2.12. The Morgan fingerprint density at radius 2 is 2.19 bits per heavy atom. The molecule has 0 saturated carbocycles. The van der Waals surface area contributed by atoms with Crippen LogP contribution in [0.1, 0.15) is 5.69 Å². The lowest BCUT2D eigenvalue weighted by atomic mass is 10.3. The number of ether oxygens (including phenoxy) is 3. The lowest BCUT2D eigenvalue weighted by molar-refractivity contribution is 0.174. The molecule has 21 heavy (non-hydrogen) atoms. The van der Waals surface area contributed by atoms with Crippen LogP contribution in [0, 0.1) is 11.3 Å². The Morgan fingerprint density at radius 3 is 2.95 bits per heavy atom. The van der Waals surface area contributed by atoms with Crippen molar-refractivity contribution < 1.29 is 14.2 Å². The maximum Gasteiger partial charge on any atom is 0.231 e. The van der Waals surface area contributed by atoms with E-state index in [-0.39, 0.29) is 6.79 Å². The number of nitrogen functional groups attached to an aromatic ring is 1. The molecular weight excluding hydrogens is 270 g/mol. The number of aromatic nitrogens is 1. The molecular formula is C15H13N3O3. The van der Waals surface area contributed by atoms with Crippen LogP contribution in [0.15, 0.2) is 36.9 Å². The summed E-state index contributed by atoms with van der Waals surface area (Å²) >= 11 is 0. The summed E-state index contributed by atoms with van der Waals surface area (Å²) in [6.07, 6.45) is 1.67. The van der Waals surface area contributed by atoms with Gasteiger partial charge in [-0.15, -0.1) is 6.58 Å². The minimum atomic E-state index is 0.201. The predicted octanol–water partition coefficient (Wildman–Crippen LogP) is 2.65. The molecule has 0 fully saturated rings. The third kappa shape index (κ3) is 2.25. The summed E-state index contributed by atoms with van der Waals surface area (Å²) < 4.78 is 18.0. The summed E-state index contributed by atoms with van der Waals surface area (Å²) in [5.74, 6) is 2.26. The molecule has 0 amide bonds. The van der Waals surface area contributed by atoms with E-state index in [1.54, 1.807) is 34.9 Å². The third-order valence-corrected chi connectivity index (χ3v) is 3.06. The topological polar surface area (TPSA) is 82.4 Å². The molecule has 1 aromatic heterocycles. The standard InChI is InChI=1S/C15H13N3O3/c1-2-5-18-10(8-16)6-12(17)15(18)21-11-3-4-13-14(7-11)20-9-19-13/h2-4,6-7H,1,5,9,17H2. The van der Waals surface area contributed by atoms with Crippen molar-refractivity contribution in [2.24, 2.45) is 0 Å². The zero-order chi connectivity index (χ0) is 14.8. The highest BCUT2D eigenvalue weighted by molar-refractivity contribution is 5.57. The van der Waals surface area contributed by atoms with E-state index >= 15 is 0 Å². The zero-order valence-electron chi connectivity index (χ0n) is 11.2. The molecule has 6 heteroatoms. The monoisotopic (exact) mass is 283 g/mol. The number of rotatable bonds is 4. The van der Waals surface area contributed by atoms with E-state index in [9.17, 15) is 0 Å². The van der Waals surface area contributed by atoms with Gasteiger partial charge in [0.25, 0.3) is 0 Å². The number of nitriles is 1. The lowest BCUT2D eigenvalue weighted by Crippen LogP contribution is -2.02. The zero-order valence-corrected chi connectivity index (χ0v) is 11.2. The van der Waals surface area contributed by atoms with Crippen LogP contribution in [0.2, 0.25) is 0 Å². The number of nitrogens with two attached hydrogens (primary N) is 1. The molecule has 1 aromatic carbocycles. The first-order valence-corrected chi connectivity index (χ1v) is 6.30. The first-order valence-electron chi connectivity index (χ1n) is 6.30. The van der Waals surface area contributed by atoms with Crippen molar-refractivity contribution in [2.45, 2.75) is 6.54 Å². The van der Waals surface area contributed by atoms with Gasteiger partial charge in [0.15, 0.2) is 11.5 Å². The molecule has 106 valence electrons. The molecule has 0 spiro atoms. The number of allylic oxidation sites excluding steroid dienone is 1. The van der Waals surface area contributed by atoms with Gasteiger partial charge in [0, 0.05) is 18.7 Å². The maximum atomic E-state index is 9.12. The fraction of sp³-hybridized carbons (Fsp3) is 0.133. The third-order valence-electron chi connectivity index (χ3n) is 3.06. The molecule has 0 aliphatic carbocycles. The molecule has 0 radical (unpaired) electrons. The first kappa shape index (κ1) is 12.9. The number of benzene rings is 1. The Labute approximate surface area is 121 Å². The molecule has 0 unspecified atom stereocenters. The Balaban J connectivity index is 1.96. The SMILES string of the molecule is C=CCn1c(C#N)cc(N)c1Oc1ccc2c(c1)OCO2. The van der Waals surface area contributed by atoms with Crippen molar-refractivity contribution in [3.63, 3.8) is 0 Å². The molecule has 0 atom stereocenters. The quantitative estimate of drug-likeness (QED) is 0.872. The predicted molar refractivity (Wildman–Crippen MR) is 76.4 cm³/mol. The van der Waals surface area contributed by atoms with Crippen LogP contribution in [0.5, 0.6) is 23.1 Å². The number of fused-ring (bicyclic) bond motifs is 1. The Hall–Kier alpha value is -3.07. The Kier molecular flexibility index (Phi) is 3.16. The second-order valence-electron chi connectivity index (χ2n) is 4.42. The van der Waals surface area contributed by atoms with Gasteiger partial charge in [0.05, 0.1) is 5.69 Å². The second kappa shape index (κ2) is 5.13. The van der Waals surface area contributed by atoms with Gasteiger partial charge in [0.2, 0.25) is 12.7 Å². The van der Waals surface area contributed by atoms with E-state index < -0.39 is 0 Å². The van der Waals surface area contributed by atoms with Crippen molar-refractivity contribution in [1.82, 2.24) is 4.57 Å². The van der Waals surface area contributed by atoms with Gasteiger partial charge in [-0.25, -0.2) is 0 Å². The van der Waals surface area contributed by atoms with Crippen LogP contribution < -0.4 is 19.9 Å². The van der Waals surface area contributed by atoms with Gasteiger partial charge in [-0.3, -0.25) is 4.57 Å². The minimum absolute atomic E-state index is 0.201. The molecule has 2 heterocycles. The highest BCUT2D eigenvalue weighted by atomic mass is 16.7. The van der Waals surface area contributed by atoms with Crippen LogP contribution in [-0.4, -0.2) is 11.4 Å². The summed E-state index contributed by atoms with van der Waals surface area (Å²) in [7, 11) is 0. The molecule has 0 bridgehead atoms. The van der Waals surface area contributed by atoms with Crippen LogP contribution >= 0.6 is 0 Å². The van der Waals surface area contributed by atoms with Crippen molar-refractivity contribution in [2.75, 3.05) is 12.5 Å². The Bertz CT molecular complexity index is 743. The average molecular weight is 283 g/mol. The van der Waals surface area contributed by atoms with Crippen LogP contribution in [0.3, 0.4) is 0 Å². The van der Waals surface area contributed by atoms with E-state index in [1.807, 2.05) is 0 Å².